The Morgan fingerprint density at radius 1 is 1.29 bits per heavy atom. The Bertz CT molecular complexity index is 659. The van der Waals surface area contributed by atoms with E-state index < -0.39 is 22.9 Å². The molecule has 2 aliphatic rings. The minimum atomic E-state index is -4.40. The van der Waals surface area contributed by atoms with Crippen LogP contribution in [-0.2, 0) is 11.3 Å². The predicted molar refractivity (Wildman–Crippen MR) is 84.4 cm³/mol. The Labute approximate surface area is 139 Å². The van der Waals surface area contributed by atoms with Crippen molar-refractivity contribution in [2.45, 2.75) is 19.1 Å². The van der Waals surface area contributed by atoms with Crippen molar-refractivity contribution in [3.05, 3.63) is 35.9 Å². The highest BCUT2D eigenvalue weighted by atomic mass is 19.4. The van der Waals surface area contributed by atoms with Gasteiger partial charge in [0.05, 0.1) is 17.2 Å². The average Bonchev–Trinajstić information content (AvgIpc) is 3.05. The van der Waals surface area contributed by atoms with Crippen LogP contribution in [0.1, 0.15) is 12.0 Å². The molecule has 7 heteroatoms. The number of alkyl halides is 3. The van der Waals surface area contributed by atoms with E-state index >= 15 is 0 Å². The van der Waals surface area contributed by atoms with E-state index in [-0.39, 0.29) is 19.5 Å². The third-order valence-corrected chi connectivity index (χ3v) is 4.99. The Hall–Kier alpha value is -1.89. The summed E-state index contributed by atoms with van der Waals surface area (Å²) in [6.45, 7) is 0.366. The van der Waals surface area contributed by atoms with Gasteiger partial charge in [0.2, 0.25) is 0 Å². The normalized spacial score (nSPS) is 29.7. The zero-order chi connectivity index (χ0) is 17.6. The Morgan fingerprint density at radius 3 is 2.54 bits per heavy atom. The Morgan fingerprint density at radius 2 is 1.96 bits per heavy atom. The summed E-state index contributed by atoms with van der Waals surface area (Å²) in [5.41, 5.74) is -2.43. The molecule has 130 valence electrons. The van der Waals surface area contributed by atoms with E-state index in [1.54, 1.807) is 23.9 Å². The number of hydrogen-bond acceptors (Lipinski definition) is 2. The van der Waals surface area contributed by atoms with E-state index in [0.29, 0.717) is 6.54 Å². The highest BCUT2D eigenvalue weighted by Crippen LogP contribution is 2.75. The summed E-state index contributed by atoms with van der Waals surface area (Å²) in [7, 11) is 3.35. The van der Waals surface area contributed by atoms with Crippen molar-refractivity contribution in [2.75, 3.05) is 27.2 Å². The van der Waals surface area contributed by atoms with Crippen LogP contribution < -0.4 is 0 Å². The van der Waals surface area contributed by atoms with Crippen molar-refractivity contribution >= 4 is 12.2 Å². The lowest BCUT2D eigenvalue weighted by Crippen LogP contribution is -2.34. The fraction of sp³-hybridized carbons (Fsp3) is 0.529. The van der Waals surface area contributed by atoms with Crippen LogP contribution >= 0.6 is 0 Å². The van der Waals surface area contributed by atoms with Gasteiger partial charge in [0, 0.05) is 33.7 Å². The summed E-state index contributed by atoms with van der Waals surface area (Å²) in [5.74, 6) is -0.663. The maximum absolute atomic E-state index is 13.7. The molecule has 2 fully saturated rings. The number of halogens is 3. The zero-order valence-corrected chi connectivity index (χ0v) is 13.7. The number of amides is 1. The van der Waals surface area contributed by atoms with E-state index in [0.717, 1.165) is 5.56 Å². The molecule has 24 heavy (non-hydrogen) atoms. The van der Waals surface area contributed by atoms with Crippen LogP contribution in [0.15, 0.2) is 35.3 Å². The molecule has 4 nitrogen and oxygen atoms in total. The first-order valence-corrected chi connectivity index (χ1v) is 7.78. The molecule has 0 aromatic heterocycles. The van der Waals surface area contributed by atoms with Crippen molar-refractivity contribution < 1.29 is 18.0 Å². The lowest BCUT2D eigenvalue weighted by Gasteiger charge is -2.22. The highest BCUT2D eigenvalue weighted by molar-refractivity contribution is 5.93. The van der Waals surface area contributed by atoms with Crippen LogP contribution in [-0.4, -0.2) is 55.4 Å². The predicted octanol–water partition coefficient (Wildman–Crippen LogP) is 2.56. The fourth-order valence-electron chi connectivity index (χ4n) is 3.76. The van der Waals surface area contributed by atoms with E-state index in [4.69, 9.17) is 0 Å². The van der Waals surface area contributed by atoms with Crippen molar-refractivity contribution in [1.29, 1.82) is 0 Å². The summed E-state index contributed by atoms with van der Waals surface area (Å²) in [6, 6.07) is 9.33. The SMILES string of the molecule is CN(C)/C=N/C(=O)[C@]12CN(Cc3ccccc3)C[C@@]1(C(F)(F)F)C2. The molecular formula is C17H20F3N3O. The topological polar surface area (TPSA) is 35.9 Å². The third kappa shape index (κ3) is 2.60. The van der Waals surface area contributed by atoms with Gasteiger partial charge in [-0.2, -0.15) is 13.2 Å². The molecule has 1 heterocycles. The molecule has 0 radical (unpaired) electrons. The summed E-state index contributed by atoms with van der Waals surface area (Å²) in [5, 5.41) is 0. The summed E-state index contributed by atoms with van der Waals surface area (Å²) >= 11 is 0. The van der Waals surface area contributed by atoms with E-state index in [1.807, 2.05) is 30.3 Å². The van der Waals surface area contributed by atoms with Gasteiger partial charge in [0.15, 0.2) is 0 Å². The molecule has 1 aliphatic heterocycles. The van der Waals surface area contributed by atoms with Crippen LogP contribution in [0.2, 0.25) is 0 Å². The third-order valence-electron chi connectivity index (χ3n) is 4.99. The highest BCUT2D eigenvalue weighted by Gasteiger charge is 2.86. The van der Waals surface area contributed by atoms with Crippen molar-refractivity contribution in [2.24, 2.45) is 15.8 Å². The number of likely N-dealkylation sites (tertiary alicyclic amines) is 1. The molecular weight excluding hydrogens is 319 g/mol. The van der Waals surface area contributed by atoms with Crippen LogP contribution in [0.5, 0.6) is 0 Å². The number of fused-ring (bicyclic) bond motifs is 1. The molecule has 0 bridgehead atoms. The number of benzene rings is 1. The second kappa shape index (κ2) is 5.58. The molecule has 3 rings (SSSR count). The van der Waals surface area contributed by atoms with E-state index in [9.17, 15) is 18.0 Å². The number of carbonyl (C=O) groups excluding carboxylic acids is 1. The number of carbonyl (C=O) groups is 1. The summed E-state index contributed by atoms with van der Waals surface area (Å²) in [6.07, 6.45) is -3.28. The van der Waals surface area contributed by atoms with Crippen LogP contribution in [0.3, 0.4) is 0 Å². The molecule has 1 aromatic carbocycles. The Kier molecular flexibility index (Phi) is 3.94. The van der Waals surface area contributed by atoms with Gasteiger partial charge in [-0.05, 0) is 12.0 Å². The summed E-state index contributed by atoms with van der Waals surface area (Å²) < 4.78 is 41.0. The van der Waals surface area contributed by atoms with Gasteiger partial charge in [0.1, 0.15) is 0 Å². The molecule has 1 amide bonds. The minimum absolute atomic E-state index is 0.102. The van der Waals surface area contributed by atoms with Gasteiger partial charge >= 0.3 is 6.18 Å². The molecule has 1 aliphatic carbocycles. The molecule has 0 unspecified atom stereocenters. The number of hydrogen-bond donors (Lipinski definition) is 0. The van der Waals surface area contributed by atoms with Gasteiger partial charge < -0.3 is 4.90 Å². The summed E-state index contributed by atoms with van der Waals surface area (Å²) in [4.78, 5) is 19.4. The molecule has 1 saturated carbocycles. The second-order valence-corrected chi connectivity index (χ2v) is 6.98. The van der Waals surface area contributed by atoms with Crippen LogP contribution in [0.4, 0.5) is 13.2 Å². The number of rotatable bonds is 4. The number of aliphatic imine (C=N–C) groups is 1. The largest absolute Gasteiger partial charge is 0.396 e. The van der Waals surface area contributed by atoms with Gasteiger partial charge in [-0.1, -0.05) is 30.3 Å². The number of nitrogens with zero attached hydrogens (tertiary/aromatic N) is 3. The van der Waals surface area contributed by atoms with Crippen molar-refractivity contribution in [3.8, 4) is 0 Å². The number of piperidine rings is 1. The quantitative estimate of drug-likeness (QED) is 0.625. The zero-order valence-electron chi connectivity index (χ0n) is 13.7. The average molecular weight is 339 g/mol. The monoisotopic (exact) mass is 339 g/mol. The molecule has 0 spiro atoms. The smallest absolute Gasteiger partial charge is 0.369 e. The molecule has 1 aromatic rings. The first-order chi connectivity index (χ1) is 11.2. The van der Waals surface area contributed by atoms with Crippen LogP contribution in [0, 0.1) is 10.8 Å². The molecule has 0 N–H and O–H groups in total. The van der Waals surface area contributed by atoms with E-state index in [2.05, 4.69) is 4.99 Å². The minimum Gasteiger partial charge on any atom is -0.369 e. The maximum atomic E-state index is 13.7. The second-order valence-electron chi connectivity index (χ2n) is 6.98. The standard InChI is InChI=1S/C17H20F3N3O/c1-22(2)12-21-14(24)15-9-16(15,17(18,19)20)11-23(10-15)8-13-6-4-3-5-7-13/h3-7,12H,8-11H2,1-2H3/b21-12+/t15-,16-/m0/s1. The molecule has 1 saturated heterocycles. The molecule has 2 atom stereocenters. The fourth-order valence-corrected chi connectivity index (χ4v) is 3.76. The lowest BCUT2D eigenvalue weighted by molar-refractivity contribution is -0.194. The van der Waals surface area contributed by atoms with E-state index in [1.165, 1.54) is 6.34 Å². The van der Waals surface area contributed by atoms with Crippen molar-refractivity contribution in [3.63, 3.8) is 0 Å². The van der Waals surface area contributed by atoms with Gasteiger partial charge in [-0.25, -0.2) is 4.99 Å². The first-order valence-electron chi connectivity index (χ1n) is 7.78. The van der Waals surface area contributed by atoms with Gasteiger partial charge in [0.25, 0.3) is 5.91 Å². The van der Waals surface area contributed by atoms with Gasteiger partial charge in [-0.3, -0.25) is 9.69 Å². The maximum Gasteiger partial charge on any atom is 0.396 e. The van der Waals surface area contributed by atoms with Gasteiger partial charge in [-0.15, -0.1) is 0 Å². The lowest BCUT2D eigenvalue weighted by atomic mass is 9.95. The van der Waals surface area contributed by atoms with Crippen LogP contribution in [0.25, 0.3) is 0 Å². The first kappa shape index (κ1) is 17.0. The van der Waals surface area contributed by atoms with Crippen molar-refractivity contribution in [1.82, 2.24) is 9.80 Å². The Balaban J connectivity index is 1.82.